The number of nitrogens with zero attached hydrogens (tertiary/aromatic N) is 1. The van der Waals surface area contributed by atoms with Crippen molar-refractivity contribution in [3.8, 4) is 0 Å². The van der Waals surface area contributed by atoms with Gasteiger partial charge in [0.2, 0.25) is 0 Å². The van der Waals surface area contributed by atoms with E-state index >= 15 is 0 Å². The molecule has 0 aliphatic carbocycles. The first-order chi connectivity index (χ1) is 13.5. The van der Waals surface area contributed by atoms with Crippen LogP contribution in [0.5, 0.6) is 0 Å². The van der Waals surface area contributed by atoms with E-state index < -0.39 is 29.2 Å². The molecule has 0 aromatic heterocycles. The van der Waals surface area contributed by atoms with Crippen molar-refractivity contribution in [2.24, 2.45) is 10.8 Å². The second-order valence-electron chi connectivity index (χ2n) is 5.56. The molecule has 0 amide bonds. The highest BCUT2D eigenvalue weighted by atomic mass is 35.5. The standard InChI is InChI=1S/C18H14ClF3N4O3/c1-9(13-3-2-4-14(23)15(13)19)16(27)29-17(28)10-5-11(18(20,21)22)7-12(6-10)25-8-26-24/h2-8H,1,23-24H2,(H,25,26). The molecule has 0 aliphatic rings. The number of nitrogen functional groups attached to an aromatic ring is 1. The quantitative estimate of drug-likeness (QED) is 0.0984. The summed E-state index contributed by atoms with van der Waals surface area (Å²) in [6, 6.07) is 6.62. The summed E-state index contributed by atoms with van der Waals surface area (Å²) in [4.78, 5) is 28.1. The van der Waals surface area contributed by atoms with Gasteiger partial charge in [-0.2, -0.15) is 13.2 Å². The van der Waals surface area contributed by atoms with Crippen molar-refractivity contribution in [2.75, 3.05) is 5.73 Å². The Kier molecular flexibility index (Phi) is 6.62. The first kappa shape index (κ1) is 21.9. The van der Waals surface area contributed by atoms with E-state index in [0.717, 1.165) is 12.4 Å². The van der Waals surface area contributed by atoms with Crippen molar-refractivity contribution in [1.82, 2.24) is 5.43 Å². The van der Waals surface area contributed by atoms with Crippen molar-refractivity contribution >= 4 is 46.8 Å². The molecule has 152 valence electrons. The molecule has 0 saturated heterocycles. The fraction of sp³-hybridized carbons (Fsp3) is 0.0556. The maximum absolute atomic E-state index is 13.1. The lowest BCUT2D eigenvalue weighted by atomic mass is 10.1. The summed E-state index contributed by atoms with van der Waals surface area (Å²) in [5.74, 6) is 2.45. The Hall–Kier alpha value is -3.37. The minimum absolute atomic E-state index is 0.0203. The number of esters is 2. The SMILES string of the molecule is C=C(C(=O)OC(=O)c1cc(N=CNN)cc(C(F)(F)F)c1)c1cccc(N)c1Cl. The number of nitrogens with one attached hydrogen (secondary N) is 1. The maximum atomic E-state index is 13.1. The molecule has 2 aromatic rings. The topological polar surface area (TPSA) is 120 Å². The lowest BCUT2D eigenvalue weighted by Crippen LogP contribution is -2.18. The second-order valence-corrected chi connectivity index (χ2v) is 5.93. The van der Waals surface area contributed by atoms with Gasteiger partial charge in [0.15, 0.2) is 0 Å². The van der Waals surface area contributed by atoms with Crippen LogP contribution in [0.2, 0.25) is 5.02 Å². The molecule has 11 heteroatoms. The molecule has 2 aromatic carbocycles. The van der Waals surface area contributed by atoms with Gasteiger partial charge < -0.3 is 15.9 Å². The molecule has 0 heterocycles. The zero-order valence-corrected chi connectivity index (χ0v) is 15.3. The van der Waals surface area contributed by atoms with Gasteiger partial charge in [-0.3, -0.25) is 0 Å². The van der Waals surface area contributed by atoms with Crippen LogP contribution in [0, 0.1) is 0 Å². The van der Waals surface area contributed by atoms with Crippen molar-refractivity contribution in [3.63, 3.8) is 0 Å². The second kappa shape index (κ2) is 8.76. The zero-order chi connectivity index (χ0) is 21.8. The van der Waals surface area contributed by atoms with Crippen LogP contribution in [0.25, 0.3) is 5.57 Å². The van der Waals surface area contributed by atoms with Crippen molar-refractivity contribution in [3.05, 3.63) is 64.7 Å². The smallest absolute Gasteiger partial charge is 0.398 e. The average molecular weight is 427 g/mol. The van der Waals surface area contributed by atoms with Crippen LogP contribution in [-0.2, 0) is 15.7 Å². The Morgan fingerprint density at radius 2 is 1.93 bits per heavy atom. The normalized spacial score (nSPS) is 11.3. The predicted molar refractivity (Wildman–Crippen MR) is 102 cm³/mol. The Bertz CT molecular complexity index is 1010. The van der Waals surface area contributed by atoms with Crippen LogP contribution >= 0.6 is 11.6 Å². The molecular weight excluding hydrogens is 413 g/mol. The molecule has 0 atom stereocenters. The van der Waals surface area contributed by atoms with Crippen LogP contribution in [0.4, 0.5) is 24.5 Å². The third kappa shape index (κ3) is 5.33. The van der Waals surface area contributed by atoms with Gasteiger partial charge in [-0.1, -0.05) is 30.3 Å². The van der Waals surface area contributed by atoms with E-state index in [2.05, 4.69) is 16.3 Å². The highest BCUT2D eigenvalue weighted by Crippen LogP contribution is 2.33. The number of carbonyl (C=O) groups is 2. The van der Waals surface area contributed by atoms with Crippen LogP contribution in [0.15, 0.2) is 48.0 Å². The van der Waals surface area contributed by atoms with Crippen LogP contribution in [0.1, 0.15) is 21.5 Å². The van der Waals surface area contributed by atoms with Gasteiger partial charge in [0.1, 0.15) is 6.34 Å². The number of halogens is 4. The van der Waals surface area contributed by atoms with Gasteiger partial charge in [-0.25, -0.2) is 20.4 Å². The molecule has 29 heavy (non-hydrogen) atoms. The summed E-state index contributed by atoms with van der Waals surface area (Å²) in [6.45, 7) is 3.50. The number of carbonyl (C=O) groups excluding carboxylic acids is 2. The van der Waals surface area contributed by atoms with E-state index in [0.29, 0.717) is 12.1 Å². The zero-order valence-electron chi connectivity index (χ0n) is 14.6. The molecular formula is C18H14ClF3N4O3. The molecule has 0 aliphatic heterocycles. The van der Waals surface area contributed by atoms with Gasteiger partial charge in [-0.05, 0) is 24.3 Å². The molecule has 0 radical (unpaired) electrons. The van der Waals surface area contributed by atoms with Gasteiger partial charge in [-0.15, -0.1) is 0 Å². The van der Waals surface area contributed by atoms with Crippen LogP contribution in [-0.4, -0.2) is 18.3 Å². The Labute approximate surface area is 167 Å². The summed E-state index contributed by atoms with van der Waals surface area (Å²) in [5, 5.41) is 0.0203. The maximum Gasteiger partial charge on any atom is 0.416 e. The molecule has 0 bridgehead atoms. The Balaban J connectivity index is 2.31. The lowest BCUT2D eigenvalue weighted by Gasteiger charge is -2.11. The summed E-state index contributed by atoms with van der Waals surface area (Å²) in [6.07, 6.45) is -3.85. The van der Waals surface area contributed by atoms with Crippen molar-refractivity contribution in [2.45, 2.75) is 6.18 Å². The number of hydrogen-bond donors (Lipinski definition) is 3. The molecule has 0 fully saturated rings. The fourth-order valence-corrected chi connectivity index (χ4v) is 2.42. The molecule has 7 nitrogen and oxygen atoms in total. The highest BCUT2D eigenvalue weighted by molar-refractivity contribution is 6.37. The van der Waals surface area contributed by atoms with E-state index in [4.69, 9.17) is 23.2 Å². The lowest BCUT2D eigenvalue weighted by molar-refractivity contribution is -0.137. The minimum Gasteiger partial charge on any atom is -0.398 e. The van der Waals surface area contributed by atoms with Gasteiger partial charge in [0.25, 0.3) is 0 Å². The Morgan fingerprint density at radius 3 is 2.55 bits per heavy atom. The average Bonchev–Trinajstić information content (AvgIpc) is 2.66. The number of ether oxygens (including phenoxy) is 1. The summed E-state index contributed by atoms with van der Waals surface area (Å²) in [5.41, 5.74) is 5.69. The number of nitrogens with two attached hydrogens (primary N) is 2. The fourth-order valence-electron chi connectivity index (χ4n) is 2.18. The van der Waals surface area contributed by atoms with Gasteiger partial charge in [0.05, 0.1) is 33.1 Å². The van der Waals surface area contributed by atoms with Crippen molar-refractivity contribution in [1.29, 1.82) is 0 Å². The minimum atomic E-state index is -4.76. The first-order valence-electron chi connectivity index (χ1n) is 7.75. The number of rotatable bonds is 5. The third-order valence-electron chi connectivity index (χ3n) is 3.55. The van der Waals surface area contributed by atoms with E-state index in [-0.39, 0.29) is 27.5 Å². The van der Waals surface area contributed by atoms with E-state index in [1.165, 1.54) is 18.2 Å². The molecule has 5 N–H and O–H groups in total. The van der Waals surface area contributed by atoms with E-state index in [1.54, 1.807) is 0 Å². The molecule has 0 saturated carbocycles. The largest absolute Gasteiger partial charge is 0.416 e. The van der Waals surface area contributed by atoms with E-state index in [9.17, 15) is 22.8 Å². The number of aliphatic imine (C=N–C) groups is 1. The van der Waals surface area contributed by atoms with E-state index in [1.807, 2.05) is 5.43 Å². The molecule has 0 spiro atoms. The number of hydrazine groups is 1. The number of alkyl halides is 3. The number of benzene rings is 2. The van der Waals surface area contributed by atoms with Crippen LogP contribution in [0.3, 0.4) is 0 Å². The first-order valence-corrected chi connectivity index (χ1v) is 8.13. The van der Waals surface area contributed by atoms with Crippen LogP contribution < -0.4 is 17.0 Å². The number of anilines is 1. The summed E-state index contributed by atoms with van der Waals surface area (Å²) < 4.78 is 43.9. The van der Waals surface area contributed by atoms with Gasteiger partial charge >= 0.3 is 18.1 Å². The summed E-state index contributed by atoms with van der Waals surface area (Å²) in [7, 11) is 0. The predicted octanol–water partition coefficient (Wildman–Crippen LogP) is 3.46. The van der Waals surface area contributed by atoms with Crippen molar-refractivity contribution < 1.29 is 27.5 Å². The van der Waals surface area contributed by atoms with Gasteiger partial charge in [0, 0.05) is 5.56 Å². The summed E-state index contributed by atoms with van der Waals surface area (Å²) >= 11 is 5.99. The number of hydrogen-bond acceptors (Lipinski definition) is 6. The Morgan fingerprint density at radius 1 is 1.24 bits per heavy atom. The monoisotopic (exact) mass is 426 g/mol. The molecule has 2 rings (SSSR count). The molecule has 0 unspecified atom stereocenters. The third-order valence-corrected chi connectivity index (χ3v) is 3.98. The highest BCUT2D eigenvalue weighted by Gasteiger charge is 2.32.